The average molecular weight is 291 g/mol. The number of rotatable bonds is 5. The Balaban J connectivity index is 2.33. The number of aryl methyl sites for hydroxylation is 1. The number of ether oxygens (including phenoxy) is 2. The summed E-state index contributed by atoms with van der Waals surface area (Å²) in [5.74, 6) is 6.05. The van der Waals surface area contributed by atoms with Gasteiger partial charge in [-0.05, 0) is 19.1 Å². The van der Waals surface area contributed by atoms with Gasteiger partial charge in [0.05, 0.1) is 18.1 Å². The van der Waals surface area contributed by atoms with Gasteiger partial charge in [0.2, 0.25) is 11.8 Å². The molecule has 9 nitrogen and oxygen atoms in total. The van der Waals surface area contributed by atoms with E-state index in [-0.39, 0.29) is 29.0 Å². The van der Waals surface area contributed by atoms with Gasteiger partial charge in [0.15, 0.2) is 5.75 Å². The number of nitro benzene ring substituents is 1. The molecule has 21 heavy (non-hydrogen) atoms. The molecule has 1 aromatic carbocycles. The molecule has 0 fully saturated rings. The van der Waals surface area contributed by atoms with Gasteiger partial charge in [-0.25, -0.2) is 10.8 Å². The second-order valence-corrected chi connectivity index (χ2v) is 4.01. The Hall–Kier alpha value is -2.94. The molecule has 3 N–H and O–H groups in total. The maximum absolute atomic E-state index is 11.0. The Kier molecular flexibility index (Phi) is 4.14. The van der Waals surface area contributed by atoms with E-state index in [1.807, 2.05) is 0 Å². The lowest BCUT2D eigenvalue weighted by molar-refractivity contribution is -0.385. The van der Waals surface area contributed by atoms with Gasteiger partial charge in [0.1, 0.15) is 5.75 Å². The van der Waals surface area contributed by atoms with Crippen LogP contribution in [-0.2, 0) is 0 Å². The first-order valence-corrected chi connectivity index (χ1v) is 5.86. The minimum atomic E-state index is -0.552. The SMILES string of the molecule is COc1ccc(Oc2cc(C)nc(NN)n2)cc1[N+](=O)[O-]. The van der Waals surface area contributed by atoms with Crippen LogP contribution in [0.1, 0.15) is 5.69 Å². The van der Waals surface area contributed by atoms with Gasteiger partial charge < -0.3 is 9.47 Å². The third kappa shape index (κ3) is 3.34. The van der Waals surface area contributed by atoms with Crippen LogP contribution >= 0.6 is 0 Å². The average Bonchev–Trinajstić information content (AvgIpc) is 2.46. The fourth-order valence-electron chi connectivity index (χ4n) is 1.65. The zero-order valence-corrected chi connectivity index (χ0v) is 11.4. The number of nitrogen functional groups attached to an aromatic ring is 1. The lowest BCUT2D eigenvalue weighted by Crippen LogP contribution is -2.11. The molecule has 0 bridgehead atoms. The number of hydrazine groups is 1. The van der Waals surface area contributed by atoms with Gasteiger partial charge in [0, 0.05) is 11.8 Å². The van der Waals surface area contributed by atoms with Crippen LogP contribution in [0.5, 0.6) is 17.4 Å². The van der Waals surface area contributed by atoms with E-state index in [0.29, 0.717) is 5.69 Å². The first-order valence-electron chi connectivity index (χ1n) is 5.86. The van der Waals surface area contributed by atoms with Crippen molar-refractivity contribution in [3.05, 3.63) is 40.1 Å². The highest BCUT2D eigenvalue weighted by atomic mass is 16.6. The number of methoxy groups -OCH3 is 1. The summed E-state index contributed by atoms with van der Waals surface area (Å²) in [6.45, 7) is 1.74. The van der Waals surface area contributed by atoms with Gasteiger partial charge in [-0.3, -0.25) is 15.5 Å². The predicted molar refractivity (Wildman–Crippen MR) is 74.3 cm³/mol. The molecule has 2 aromatic rings. The fourth-order valence-corrected chi connectivity index (χ4v) is 1.65. The van der Waals surface area contributed by atoms with Crippen LogP contribution in [0.15, 0.2) is 24.3 Å². The molecule has 0 aliphatic heterocycles. The van der Waals surface area contributed by atoms with Crippen LogP contribution in [0.25, 0.3) is 0 Å². The van der Waals surface area contributed by atoms with Gasteiger partial charge in [-0.1, -0.05) is 0 Å². The molecule has 0 radical (unpaired) electrons. The van der Waals surface area contributed by atoms with Crippen molar-refractivity contribution in [1.82, 2.24) is 9.97 Å². The van der Waals surface area contributed by atoms with E-state index in [9.17, 15) is 10.1 Å². The zero-order valence-electron chi connectivity index (χ0n) is 11.4. The number of nitrogens with two attached hydrogens (primary N) is 1. The normalized spacial score (nSPS) is 10.0. The minimum Gasteiger partial charge on any atom is -0.490 e. The zero-order chi connectivity index (χ0) is 15.4. The molecule has 9 heteroatoms. The summed E-state index contributed by atoms with van der Waals surface area (Å²) in [4.78, 5) is 18.4. The third-order valence-electron chi connectivity index (χ3n) is 2.53. The summed E-state index contributed by atoms with van der Waals surface area (Å²) in [5.41, 5.74) is 2.75. The molecule has 110 valence electrons. The Morgan fingerprint density at radius 1 is 1.33 bits per heavy atom. The van der Waals surface area contributed by atoms with E-state index in [1.165, 1.54) is 19.2 Å². The Morgan fingerprint density at radius 2 is 2.10 bits per heavy atom. The molecule has 0 atom stereocenters. The summed E-state index contributed by atoms with van der Waals surface area (Å²) < 4.78 is 10.4. The fraction of sp³-hybridized carbons (Fsp3) is 0.167. The van der Waals surface area contributed by atoms with Crippen molar-refractivity contribution in [2.24, 2.45) is 5.84 Å². The Morgan fingerprint density at radius 3 is 2.71 bits per heavy atom. The minimum absolute atomic E-state index is 0.149. The van der Waals surface area contributed by atoms with Gasteiger partial charge in [0.25, 0.3) is 0 Å². The van der Waals surface area contributed by atoms with Crippen LogP contribution in [0, 0.1) is 17.0 Å². The van der Waals surface area contributed by atoms with Crippen molar-refractivity contribution in [3.8, 4) is 17.4 Å². The maximum Gasteiger partial charge on any atom is 0.314 e. The number of anilines is 1. The second kappa shape index (κ2) is 6.01. The number of benzene rings is 1. The molecule has 0 aliphatic carbocycles. The van der Waals surface area contributed by atoms with Crippen LogP contribution in [0.4, 0.5) is 11.6 Å². The molecular weight excluding hydrogens is 278 g/mol. The van der Waals surface area contributed by atoms with Crippen molar-refractivity contribution < 1.29 is 14.4 Å². The standard InChI is InChI=1S/C12H13N5O4/c1-7-5-11(15-12(14-7)16-13)21-8-3-4-10(20-2)9(6-8)17(18)19/h3-6H,13H2,1-2H3,(H,14,15,16). The molecule has 2 rings (SSSR count). The number of nitrogens with one attached hydrogen (secondary N) is 1. The number of aromatic nitrogens is 2. The molecular formula is C12H13N5O4. The maximum atomic E-state index is 11.0. The van der Waals surface area contributed by atoms with E-state index in [2.05, 4.69) is 15.4 Å². The number of hydrogen-bond acceptors (Lipinski definition) is 8. The Bertz CT molecular complexity index is 677. The highest BCUT2D eigenvalue weighted by molar-refractivity contribution is 5.51. The van der Waals surface area contributed by atoms with Crippen LogP contribution < -0.4 is 20.7 Å². The highest BCUT2D eigenvalue weighted by Crippen LogP contribution is 2.32. The number of hydrogen-bond donors (Lipinski definition) is 2. The van der Waals surface area contributed by atoms with E-state index in [1.54, 1.807) is 19.1 Å². The molecule has 1 heterocycles. The number of nitrogens with zero attached hydrogens (tertiary/aromatic N) is 3. The first-order chi connectivity index (χ1) is 10.0. The Labute approximate surface area is 119 Å². The molecule has 0 saturated heterocycles. The van der Waals surface area contributed by atoms with E-state index >= 15 is 0 Å². The topological polar surface area (TPSA) is 125 Å². The van der Waals surface area contributed by atoms with E-state index < -0.39 is 4.92 Å². The number of nitro groups is 1. The molecule has 0 amide bonds. The van der Waals surface area contributed by atoms with Gasteiger partial charge in [-0.2, -0.15) is 4.98 Å². The van der Waals surface area contributed by atoms with Crippen molar-refractivity contribution in [2.75, 3.05) is 12.5 Å². The predicted octanol–water partition coefficient (Wildman–Crippen LogP) is 1.78. The molecule has 0 saturated carbocycles. The molecule has 1 aromatic heterocycles. The summed E-state index contributed by atoms with van der Waals surface area (Å²) in [7, 11) is 1.36. The van der Waals surface area contributed by atoms with Crippen LogP contribution in [0.2, 0.25) is 0 Å². The van der Waals surface area contributed by atoms with Crippen LogP contribution in [-0.4, -0.2) is 22.0 Å². The molecule has 0 unspecified atom stereocenters. The first kappa shape index (κ1) is 14.5. The van der Waals surface area contributed by atoms with E-state index in [4.69, 9.17) is 15.3 Å². The smallest absolute Gasteiger partial charge is 0.314 e. The van der Waals surface area contributed by atoms with Crippen molar-refractivity contribution in [3.63, 3.8) is 0 Å². The molecule has 0 spiro atoms. The molecule has 0 aliphatic rings. The van der Waals surface area contributed by atoms with Crippen molar-refractivity contribution in [2.45, 2.75) is 6.92 Å². The summed E-state index contributed by atoms with van der Waals surface area (Å²) in [6, 6.07) is 5.82. The summed E-state index contributed by atoms with van der Waals surface area (Å²) >= 11 is 0. The van der Waals surface area contributed by atoms with E-state index in [0.717, 1.165) is 0 Å². The second-order valence-electron chi connectivity index (χ2n) is 4.01. The van der Waals surface area contributed by atoms with Gasteiger partial charge in [-0.15, -0.1) is 0 Å². The third-order valence-corrected chi connectivity index (χ3v) is 2.53. The largest absolute Gasteiger partial charge is 0.490 e. The monoisotopic (exact) mass is 291 g/mol. The lowest BCUT2D eigenvalue weighted by atomic mass is 10.3. The van der Waals surface area contributed by atoms with Gasteiger partial charge >= 0.3 is 5.69 Å². The summed E-state index contributed by atoms with van der Waals surface area (Å²) in [5, 5.41) is 11.0. The van der Waals surface area contributed by atoms with Crippen molar-refractivity contribution in [1.29, 1.82) is 0 Å². The lowest BCUT2D eigenvalue weighted by Gasteiger charge is -2.08. The summed E-state index contributed by atoms with van der Waals surface area (Å²) in [6.07, 6.45) is 0. The van der Waals surface area contributed by atoms with Crippen molar-refractivity contribution >= 4 is 11.6 Å². The quantitative estimate of drug-likeness (QED) is 0.485. The van der Waals surface area contributed by atoms with Crippen LogP contribution in [0.3, 0.4) is 0 Å². The highest BCUT2D eigenvalue weighted by Gasteiger charge is 2.16.